The lowest BCUT2D eigenvalue weighted by atomic mass is 10.1. The Balaban J connectivity index is 1.62. The summed E-state index contributed by atoms with van der Waals surface area (Å²) in [5.74, 6) is 0.438. The second-order valence-electron chi connectivity index (χ2n) is 6.11. The molecule has 134 valence electrons. The molecular weight excluding hydrogens is 368 g/mol. The van der Waals surface area contributed by atoms with Gasteiger partial charge in [0.2, 0.25) is 0 Å². The minimum absolute atomic E-state index is 0.0806. The molecule has 1 heterocycles. The zero-order valence-electron chi connectivity index (χ0n) is 14.8. The summed E-state index contributed by atoms with van der Waals surface area (Å²) in [6.45, 7) is 5.77. The van der Waals surface area contributed by atoms with Crippen LogP contribution in [0.5, 0.6) is 5.75 Å². The highest BCUT2D eigenvalue weighted by atomic mass is 35.5. The highest BCUT2D eigenvalue weighted by molar-refractivity contribution is 7.14. The van der Waals surface area contributed by atoms with E-state index < -0.39 is 0 Å². The normalized spacial score (nSPS) is 10.6. The molecule has 2 aromatic carbocycles. The number of thiazole rings is 1. The van der Waals surface area contributed by atoms with Crippen LogP contribution in [0, 0.1) is 20.8 Å². The van der Waals surface area contributed by atoms with Crippen LogP contribution in [0.2, 0.25) is 5.02 Å². The van der Waals surface area contributed by atoms with Gasteiger partial charge in [0, 0.05) is 16.0 Å². The van der Waals surface area contributed by atoms with Crippen LogP contribution in [0.1, 0.15) is 16.7 Å². The maximum atomic E-state index is 12.2. The minimum atomic E-state index is -0.247. The summed E-state index contributed by atoms with van der Waals surface area (Å²) in [7, 11) is 0. The summed E-state index contributed by atoms with van der Waals surface area (Å²) in [6, 6.07) is 11.7. The van der Waals surface area contributed by atoms with E-state index in [1.807, 2.05) is 62.5 Å². The van der Waals surface area contributed by atoms with E-state index in [4.69, 9.17) is 16.3 Å². The molecule has 0 radical (unpaired) electrons. The van der Waals surface area contributed by atoms with E-state index in [2.05, 4.69) is 10.3 Å². The molecule has 1 amide bonds. The van der Waals surface area contributed by atoms with Crippen molar-refractivity contribution in [2.75, 3.05) is 11.9 Å². The van der Waals surface area contributed by atoms with Gasteiger partial charge in [-0.05, 0) is 44.0 Å². The Kier molecular flexibility index (Phi) is 5.59. The number of hydrogen-bond donors (Lipinski definition) is 1. The Morgan fingerprint density at radius 3 is 2.46 bits per heavy atom. The number of nitrogens with zero attached hydrogens (tertiary/aromatic N) is 1. The quantitative estimate of drug-likeness (QED) is 0.638. The van der Waals surface area contributed by atoms with Crippen molar-refractivity contribution in [2.24, 2.45) is 0 Å². The molecule has 0 saturated heterocycles. The minimum Gasteiger partial charge on any atom is -0.483 e. The van der Waals surface area contributed by atoms with Crippen molar-refractivity contribution >= 4 is 34.0 Å². The molecule has 3 rings (SSSR count). The number of aryl methyl sites for hydroxylation is 3. The predicted octanol–water partition coefficient (Wildman–Crippen LogP) is 5.41. The van der Waals surface area contributed by atoms with Crippen molar-refractivity contribution in [3.05, 3.63) is 63.5 Å². The van der Waals surface area contributed by atoms with Gasteiger partial charge in [-0.15, -0.1) is 11.3 Å². The average Bonchev–Trinajstić information content (AvgIpc) is 3.03. The van der Waals surface area contributed by atoms with E-state index in [1.54, 1.807) is 0 Å². The van der Waals surface area contributed by atoms with Crippen LogP contribution in [0.25, 0.3) is 11.3 Å². The Morgan fingerprint density at radius 1 is 1.15 bits per heavy atom. The second-order valence-corrected chi connectivity index (χ2v) is 7.40. The number of anilines is 1. The maximum absolute atomic E-state index is 12.2. The number of carbonyl (C=O) groups is 1. The topological polar surface area (TPSA) is 51.2 Å². The molecule has 0 saturated carbocycles. The van der Waals surface area contributed by atoms with Gasteiger partial charge in [0.15, 0.2) is 11.7 Å². The molecule has 1 N–H and O–H groups in total. The summed E-state index contributed by atoms with van der Waals surface area (Å²) in [4.78, 5) is 16.6. The van der Waals surface area contributed by atoms with Crippen LogP contribution in [0.4, 0.5) is 5.13 Å². The van der Waals surface area contributed by atoms with Crippen molar-refractivity contribution in [1.82, 2.24) is 4.98 Å². The summed E-state index contributed by atoms with van der Waals surface area (Å²) in [6.07, 6.45) is 0. The van der Waals surface area contributed by atoms with Crippen LogP contribution in [0.3, 0.4) is 0 Å². The van der Waals surface area contributed by atoms with Gasteiger partial charge in [0.1, 0.15) is 5.75 Å². The molecule has 1 aromatic heterocycles. The number of rotatable bonds is 5. The third-order valence-corrected chi connectivity index (χ3v) is 4.85. The van der Waals surface area contributed by atoms with E-state index in [0.717, 1.165) is 22.4 Å². The lowest BCUT2D eigenvalue weighted by Crippen LogP contribution is -2.20. The number of carbonyl (C=O) groups excluding carboxylic acids is 1. The molecule has 26 heavy (non-hydrogen) atoms. The van der Waals surface area contributed by atoms with E-state index in [-0.39, 0.29) is 12.5 Å². The van der Waals surface area contributed by atoms with E-state index >= 15 is 0 Å². The van der Waals surface area contributed by atoms with Gasteiger partial charge in [-0.2, -0.15) is 0 Å². The zero-order chi connectivity index (χ0) is 18.7. The first-order valence-corrected chi connectivity index (χ1v) is 9.40. The smallest absolute Gasteiger partial charge is 0.264 e. The van der Waals surface area contributed by atoms with E-state index in [1.165, 1.54) is 16.9 Å². The number of amides is 1. The lowest BCUT2D eigenvalue weighted by Gasteiger charge is -2.12. The van der Waals surface area contributed by atoms with Crippen LogP contribution >= 0.6 is 22.9 Å². The standard InChI is InChI=1S/C20H19ClN2O2S/c1-12-4-6-15(7-5-12)17-11-26-20(22-17)23-18(24)10-25-19-13(2)8-16(21)9-14(19)3/h4-9,11H,10H2,1-3H3,(H,22,23,24). The summed E-state index contributed by atoms with van der Waals surface area (Å²) < 4.78 is 5.67. The first-order chi connectivity index (χ1) is 12.4. The fourth-order valence-electron chi connectivity index (χ4n) is 2.61. The summed E-state index contributed by atoms with van der Waals surface area (Å²) in [5.41, 5.74) is 4.87. The first kappa shape index (κ1) is 18.4. The monoisotopic (exact) mass is 386 g/mol. The van der Waals surface area contributed by atoms with Gasteiger partial charge in [-0.3, -0.25) is 10.1 Å². The number of aromatic nitrogens is 1. The maximum Gasteiger partial charge on any atom is 0.264 e. The number of ether oxygens (including phenoxy) is 1. The Labute approximate surface area is 161 Å². The van der Waals surface area contributed by atoms with Crippen molar-refractivity contribution < 1.29 is 9.53 Å². The van der Waals surface area contributed by atoms with Crippen molar-refractivity contribution in [2.45, 2.75) is 20.8 Å². The van der Waals surface area contributed by atoms with Gasteiger partial charge >= 0.3 is 0 Å². The molecule has 0 aliphatic carbocycles. The van der Waals surface area contributed by atoms with Gasteiger partial charge < -0.3 is 4.74 Å². The number of hydrogen-bond acceptors (Lipinski definition) is 4. The van der Waals surface area contributed by atoms with Gasteiger partial charge in [-0.25, -0.2) is 4.98 Å². The van der Waals surface area contributed by atoms with Gasteiger partial charge in [-0.1, -0.05) is 41.4 Å². The summed E-state index contributed by atoms with van der Waals surface area (Å²) >= 11 is 7.40. The average molecular weight is 387 g/mol. The molecule has 0 atom stereocenters. The Bertz CT molecular complexity index is 912. The number of halogens is 1. The molecule has 0 spiro atoms. The fraction of sp³-hybridized carbons (Fsp3) is 0.200. The number of nitrogens with one attached hydrogen (secondary N) is 1. The number of benzene rings is 2. The zero-order valence-corrected chi connectivity index (χ0v) is 16.4. The molecule has 0 aliphatic heterocycles. The highest BCUT2D eigenvalue weighted by Gasteiger charge is 2.11. The highest BCUT2D eigenvalue weighted by Crippen LogP contribution is 2.27. The van der Waals surface area contributed by atoms with Crippen LogP contribution < -0.4 is 10.1 Å². The SMILES string of the molecule is Cc1ccc(-c2csc(NC(=O)COc3c(C)cc(Cl)cc3C)n2)cc1. The Hall–Kier alpha value is -2.37. The van der Waals surface area contributed by atoms with E-state index in [0.29, 0.717) is 15.9 Å². The molecule has 4 nitrogen and oxygen atoms in total. The lowest BCUT2D eigenvalue weighted by molar-refractivity contribution is -0.118. The molecule has 0 unspecified atom stereocenters. The van der Waals surface area contributed by atoms with Crippen LogP contribution in [-0.4, -0.2) is 17.5 Å². The largest absolute Gasteiger partial charge is 0.483 e. The summed E-state index contributed by atoms with van der Waals surface area (Å²) in [5, 5.41) is 5.92. The molecule has 0 aliphatic rings. The van der Waals surface area contributed by atoms with Crippen LogP contribution in [-0.2, 0) is 4.79 Å². The van der Waals surface area contributed by atoms with Crippen molar-refractivity contribution in [3.63, 3.8) is 0 Å². The van der Waals surface area contributed by atoms with Crippen LogP contribution in [0.15, 0.2) is 41.8 Å². The second kappa shape index (κ2) is 7.89. The van der Waals surface area contributed by atoms with Crippen molar-refractivity contribution in [1.29, 1.82) is 0 Å². The predicted molar refractivity (Wildman–Crippen MR) is 107 cm³/mol. The van der Waals surface area contributed by atoms with Gasteiger partial charge in [0.25, 0.3) is 5.91 Å². The molecular formula is C20H19ClN2O2S. The Morgan fingerprint density at radius 2 is 1.81 bits per heavy atom. The third-order valence-electron chi connectivity index (χ3n) is 3.87. The van der Waals surface area contributed by atoms with E-state index in [9.17, 15) is 4.79 Å². The molecule has 0 bridgehead atoms. The van der Waals surface area contributed by atoms with Gasteiger partial charge in [0.05, 0.1) is 5.69 Å². The first-order valence-electron chi connectivity index (χ1n) is 8.14. The molecule has 0 fully saturated rings. The third kappa shape index (κ3) is 4.42. The van der Waals surface area contributed by atoms with Crippen molar-refractivity contribution in [3.8, 4) is 17.0 Å². The molecule has 6 heteroatoms. The molecule has 3 aromatic rings. The fourth-order valence-corrected chi connectivity index (χ4v) is 3.67.